The van der Waals surface area contributed by atoms with Crippen molar-refractivity contribution < 1.29 is 14.3 Å². The van der Waals surface area contributed by atoms with Gasteiger partial charge in [0.2, 0.25) is 0 Å². The molecule has 0 aliphatic heterocycles. The van der Waals surface area contributed by atoms with Crippen molar-refractivity contribution in [3.63, 3.8) is 0 Å². The summed E-state index contributed by atoms with van der Waals surface area (Å²) in [6.45, 7) is 1.80. The molecule has 21 heavy (non-hydrogen) atoms. The van der Waals surface area contributed by atoms with Crippen molar-refractivity contribution in [2.75, 3.05) is 33.3 Å². The molecule has 1 rings (SSSR count). The molecule has 0 aromatic heterocycles. The number of carbonyl (C=O) groups is 2. The number of methoxy groups -OCH3 is 1. The minimum absolute atomic E-state index is 0.162. The summed E-state index contributed by atoms with van der Waals surface area (Å²) < 4.78 is 4.61. The van der Waals surface area contributed by atoms with Gasteiger partial charge in [-0.3, -0.25) is 4.79 Å². The van der Waals surface area contributed by atoms with Crippen molar-refractivity contribution in [3.05, 3.63) is 35.4 Å². The standard InChI is InChI=1S/C13H17Cl2N3O3/c1-21-13(20)11-4-2-10(3-5-11)12(19)18(8-6-16-14)9-7-17-15/h2-5,16-17H,6-9H2,1H3. The highest BCUT2D eigenvalue weighted by molar-refractivity contribution is 6.13. The lowest BCUT2D eigenvalue weighted by Crippen LogP contribution is -2.38. The van der Waals surface area contributed by atoms with E-state index in [4.69, 9.17) is 23.6 Å². The minimum atomic E-state index is -0.441. The van der Waals surface area contributed by atoms with E-state index in [0.29, 0.717) is 37.3 Å². The van der Waals surface area contributed by atoms with E-state index in [1.54, 1.807) is 29.2 Å². The Labute approximate surface area is 133 Å². The lowest BCUT2D eigenvalue weighted by Gasteiger charge is -2.22. The van der Waals surface area contributed by atoms with Crippen LogP contribution in [0.5, 0.6) is 0 Å². The smallest absolute Gasteiger partial charge is 0.337 e. The third-order valence-corrected chi connectivity index (χ3v) is 3.17. The first-order valence-corrected chi connectivity index (χ1v) is 7.04. The summed E-state index contributed by atoms with van der Waals surface area (Å²) in [5.41, 5.74) is 0.872. The summed E-state index contributed by atoms with van der Waals surface area (Å²) in [5, 5.41) is 0. The highest BCUT2D eigenvalue weighted by atomic mass is 35.5. The SMILES string of the molecule is COC(=O)c1ccc(C(=O)N(CCNCl)CCNCl)cc1. The predicted molar refractivity (Wildman–Crippen MR) is 81.4 cm³/mol. The van der Waals surface area contributed by atoms with Crippen LogP contribution < -0.4 is 9.67 Å². The quantitative estimate of drug-likeness (QED) is 0.556. The van der Waals surface area contributed by atoms with E-state index in [1.165, 1.54) is 7.11 Å². The number of carbonyl (C=O) groups excluding carboxylic acids is 2. The molecule has 1 aromatic carbocycles. The van der Waals surface area contributed by atoms with Crippen LogP contribution in [0.1, 0.15) is 20.7 Å². The van der Waals surface area contributed by atoms with Gasteiger partial charge in [0.15, 0.2) is 0 Å². The van der Waals surface area contributed by atoms with Crippen molar-refractivity contribution in [1.82, 2.24) is 14.6 Å². The third-order valence-electron chi connectivity index (χ3n) is 2.79. The fourth-order valence-corrected chi connectivity index (χ4v) is 1.89. The monoisotopic (exact) mass is 333 g/mol. The molecule has 0 spiro atoms. The van der Waals surface area contributed by atoms with Crippen LogP contribution in [0.25, 0.3) is 0 Å². The average molecular weight is 334 g/mol. The first-order chi connectivity index (χ1) is 10.1. The minimum Gasteiger partial charge on any atom is -0.465 e. The second kappa shape index (κ2) is 9.57. The Bertz CT molecular complexity index is 460. The van der Waals surface area contributed by atoms with Crippen molar-refractivity contribution in [2.24, 2.45) is 0 Å². The maximum absolute atomic E-state index is 12.4. The average Bonchev–Trinajstić information content (AvgIpc) is 2.54. The van der Waals surface area contributed by atoms with Crippen LogP contribution in [0, 0.1) is 0 Å². The van der Waals surface area contributed by atoms with Gasteiger partial charge in [0, 0.05) is 31.7 Å². The molecular weight excluding hydrogens is 317 g/mol. The molecule has 0 aliphatic rings. The topological polar surface area (TPSA) is 70.7 Å². The molecule has 116 valence electrons. The van der Waals surface area contributed by atoms with E-state index in [1.807, 2.05) is 0 Å². The fraction of sp³-hybridized carbons (Fsp3) is 0.385. The van der Waals surface area contributed by atoms with Gasteiger partial charge in [-0.15, -0.1) is 0 Å². The largest absolute Gasteiger partial charge is 0.465 e. The molecule has 0 fully saturated rings. The summed E-state index contributed by atoms with van der Waals surface area (Å²) in [6, 6.07) is 6.28. The Balaban J connectivity index is 2.79. The number of benzene rings is 1. The summed E-state index contributed by atoms with van der Waals surface area (Å²) in [4.78, 5) is 30.3. The molecule has 6 nitrogen and oxygen atoms in total. The maximum Gasteiger partial charge on any atom is 0.337 e. The normalized spacial score (nSPS) is 10.2. The van der Waals surface area contributed by atoms with Crippen LogP contribution in [-0.2, 0) is 4.74 Å². The lowest BCUT2D eigenvalue weighted by molar-refractivity contribution is 0.0599. The number of esters is 1. The molecule has 0 saturated heterocycles. The van der Waals surface area contributed by atoms with E-state index in [-0.39, 0.29) is 5.91 Å². The van der Waals surface area contributed by atoms with Crippen LogP contribution in [0.2, 0.25) is 0 Å². The van der Waals surface area contributed by atoms with Crippen LogP contribution in [-0.4, -0.2) is 50.1 Å². The molecule has 0 bridgehead atoms. The first kappa shape index (κ1) is 17.7. The number of hydrogen-bond donors (Lipinski definition) is 2. The number of ether oxygens (including phenoxy) is 1. The van der Waals surface area contributed by atoms with Crippen LogP contribution in [0.15, 0.2) is 24.3 Å². The van der Waals surface area contributed by atoms with Crippen molar-refractivity contribution >= 4 is 35.4 Å². The number of nitrogens with zero attached hydrogens (tertiary/aromatic N) is 1. The number of nitrogens with one attached hydrogen (secondary N) is 2. The summed E-state index contributed by atoms with van der Waals surface area (Å²) in [5.74, 6) is -0.603. The van der Waals surface area contributed by atoms with Gasteiger partial charge in [-0.1, -0.05) is 0 Å². The zero-order valence-electron chi connectivity index (χ0n) is 11.6. The van der Waals surface area contributed by atoms with Gasteiger partial charge >= 0.3 is 5.97 Å². The Kier molecular flexibility index (Phi) is 8.07. The van der Waals surface area contributed by atoms with Crippen molar-refractivity contribution in [2.45, 2.75) is 0 Å². The molecule has 0 saturated carbocycles. The van der Waals surface area contributed by atoms with E-state index in [2.05, 4.69) is 14.4 Å². The third kappa shape index (κ3) is 5.51. The number of rotatable bonds is 8. The second-order valence-corrected chi connectivity index (χ2v) is 4.66. The van der Waals surface area contributed by atoms with Gasteiger partial charge in [0.1, 0.15) is 0 Å². The Morgan fingerprint density at radius 2 is 1.52 bits per heavy atom. The molecule has 2 N–H and O–H groups in total. The predicted octanol–water partition coefficient (Wildman–Crippen LogP) is 1.40. The summed E-state index contributed by atoms with van der Waals surface area (Å²) in [6.07, 6.45) is 0. The van der Waals surface area contributed by atoms with Crippen LogP contribution >= 0.6 is 23.6 Å². The molecule has 0 aliphatic carbocycles. The molecule has 1 aromatic rings. The zero-order chi connectivity index (χ0) is 15.7. The van der Waals surface area contributed by atoms with Gasteiger partial charge in [0.25, 0.3) is 5.91 Å². The van der Waals surface area contributed by atoms with Gasteiger partial charge in [-0.25, -0.2) is 14.5 Å². The number of hydrogen-bond acceptors (Lipinski definition) is 5. The molecule has 0 heterocycles. The van der Waals surface area contributed by atoms with Gasteiger partial charge < -0.3 is 9.64 Å². The zero-order valence-corrected chi connectivity index (χ0v) is 13.1. The molecule has 0 radical (unpaired) electrons. The number of halogens is 2. The van der Waals surface area contributed by atoms with Gasteiger partial charge in [-0.05, 0) is 47.8 Å². The van der Waals surface area contributed by atoms with Crippen molar-refractivity contribution in [1.29, 1.82) is 0 Å². The molecule has 8 heteroatoms. The highest BCUT2D eigenvalue weighted by Gasteiger charge is 2.15. The molecular formula is C13H17Cl2N3O3. The van der Waals surface area contributed by atoms with E-state index < -0.39 is 5.97 Å². The van der Waals surface area contributed by atoms with Gasteiger partial charge in [0.05, 0.1) is 12.7 Å². The Morgan fingerprint density at radius 1 is 1.05 bits per heavy atom. The molecule has 0 unspecified atom stereocenters. The van der Waals surface area contributed by atoms with E-state index >= 15 is 0 Å². The molecule has 0 atom stereocenters. The fourth-order valence-electron chi connectivity index (χ4n) is 1.72. The first-order valence-electron chi connectivity index (χ1n) is 6.28. The van der Waals surface area contributed by atoms with E-state index in [0.717, 1.165) is 0 Å². The second-order valence-electron chi connectivity index (χ2n) is 4.13. The van der Waals surface area contributed by atoms with Crippen LogP contribution in [0.4, 0.5) is 0 Å². The van der Waals surface area contributed by atoms with Crippen molar-refractivity contribution in [3.8, 4) is 0 Å². The van der Waals surface area contributed by atoms with Crippen LogP contribution in [0.3, 0.4) is 0 Å². The Morgan fingerprint density at radius 3 is 1.95 bits per heavy atom. The molecule has 1 amide bonds. The highest BCUT2D eigenvalue weighted by Crippen LogP contribution is 2.09. The Hall–Kier alpha value is -1.34. The number of amides is 1. The van der Waals surface area contributed by atoms with Gasteiger partial charge in [-0.2, -0.15) is 0 Å². The summed E-state index contributed by atoms with van der Waals surface area (Å²) in [7, 11) is 1.31. The maximum atomic E-state index is 12.4. The summed E-state index contributed by atoms with van der Waals surface area (Å²) >= 11 is 10.8. The lowest BCUT2D eigenvalue weighted by atomic mass is 10.1. The van der Waals surface area contributed by atoms with E-state index in [9.17, 15) is 9.59 Å².